The van der Waals surface area contributed by atoms with Crippen LogP contribution in [0.15, 0.2) is 18.2 Å². The molecule has 0 unspecified atom stereocenters. The quantitative estimate of drug-likeness (QED) is 0.865. The standard InChI is InChI=1S/C11H14N2O.C3H8.C2H6.CH4/c1-3-10-9-5-4-8(7-14)6-11(9)13(2)12-10;1-3-2;1-2;/h4-6,14H,3,7H2,1-2H3;3H2,1-2H3;1-2H3;1H4. The molecule has 1 aromatic heterocycles. The number of hydrogen-bond donors (Lipinski definition) is 1. The van der Waals surface area contributed by atoms with Crippen LogP contribution in [0.2, 0.25) is 0 Å². The minimum Gasteiger partial charge on any atom is -0.392 e. The van der Waals surface area contributed by atoms with E-state index < -0.39 is 0 Å². The molecule has 0 aliphatic heterocycles. The fourth-order valence-electron chi connectivity index (χ4n) is 1.74. The van der Waals surface area contributed by atoms with Gasteiger partial charge >= 0.3 is 0 Å². The molecule has 2 rings (SSSR count). The summed E-state index contributed by atoms with van der Waals surface area (Å²) in [5.41, 5.74) is 3.14. The molecule has 0 atom stereocenters. The van der Waals surface area contributed by atoms with Crippen LogP contribution in [0, 0.1) is 0 Å². The summed E-state index contributed by atoms with van der Waals surface area (Å²) >= 11 is 0. The van der Waals surface area contributed by atoms with Crippen LogP contribution in [0.3, 0.4) is 0 Å². The normalized spacial score (nSPS) is 8.95. The highest BCUT2D eigenvalue weighted by Gasteiger charge is 2.06. The van der Waals surface area contributed by atoms with E-state index in [-0.39, 0.29) is 14.0 Å². The van der Waals surface area contributed by atoms with Crippen molar-refractivity contribution in [3.63, 3.8) is 0 Å². The molecule has 1 N–H and O–H groups in total. The van der Waals surface area contributed by atoms with Gasteiger partial charge in [-0.1, -0.05) is 60.6 Å². The van der Waals surface area contributed by atoms with E-state index in [2.05, 4.69) is 25.9 Å². The molecule has 1 heterocycles. The second-order valence-electron chi connectivity index (χ2n) is 4.14. The first-order valence-electron chi connectivity index (χ1n) is 7.23. The summed E-state index contributed by atoms with van der Waals surface area (Å²) in [5.74, 6) is 0. The molecule has 1 aromatic carbocycles. The lowest BCUT2D eigenvalue weighted by Crippen LogP contribution is -1.91. The molecule has 116 valence electrons. The van der Waals surface area contributed by atoms with Gasteiger partial charge in [-0.3, -0.25) is 4.68 Å². The van der Waals surface area contributed by atoms with Crippen LogP contribution < -0.4 is 0 Å². The van der Waals surface area contributed by atoms with Crippen molar-refractivity contribution in [3.8, 4) is 0 Å². The summed E-state index contributed by atoms with van der Waals surface area (Å²) in [7, 11) is 1.93. The topological polar surface area (TPSA) is 38.0 Å². The maximum Gasteiger partial charge on any atom is 0.0700 e. The van der Waals surface area contributed by atoms with E-state index in [1.54, 1.807) is 0 Å². The predicted octanol–water partition coefficient (Wildman–Crippen LogP) is 4.71. The molecule has 0 aliphatic carbocycles. The van der Waals surface area contributed by atoms with Gasteiger partial charge in [0.2, 0.25) is 0 Å². The number of fused-ring (bicyclic) bond motifs is 1. The maximum absolute atomic E-state index is 9.02. The highest BCUT2D eigenvalue weighted by molar-refractivity contribution is 5.82. The molecule has 0 bridgehead atoms. The third kappa shape index (κ3) is 5.33. The minimum absolute atomic E-state index is 0. The molecule has 0 saturated carbocycles. The predicted molar refractivity (Wildman–Crippen MR) is 90.1 cm³/mol. The van der Waals surface area contributed by atoms with Crippen LogP contribution in [-0.2, 0) is 20.1 Å². The fourth-order valence-corrected chi connectivity index (χ4v) is 1.74. The molecule has 0 radical (unpaired) electrons. The molecule has 0 amide bonds. The van der Waals surface area contributed by atoms with Crippen molar-refractivity contribution in [3.05, 3.63) is 29.5 Å². The number of aryl methyl sites for hydroxylation is 2. The van der Waals surface area contributed by atoms with E-state index in [0.717, 1.165) is 23.2 Å². The van der Waals surface area contributed by atoms with Gasteiger partial charge in [-0.25, -0.2) is 0 Å². The molecule has 20 heavy (non-hydrogen) atoms. The Kier molecular flexibility index (Phi) is 12.0. The molecule has 3 nitrogen and oxygen atoms in total. The van der Waals surface area contributed by atoms with E-state index in [4.69, 9.17) is 5.11 Å². The molecule has 0 aliphatic rings. The first-order valence-corrected chi connectivity index (χ1v) is 7.23. The molecule has 2 aromatic rings. The third-order valence-corrected chi connectivity index (χ3v) is 2.51. The van der Waals surface area contributed by atoms with Gasteiger partial charge < -0.3 is 5.11 Å². The lowest BCUT2D eigenvalue weighted by molar-refractivity contribution is 0.282. The van der Waals surface area contributed by atoms with Gasteiger partial charge in [-0.2, -0.15) is 5.10 Å². The summed E-state index contributed by atoms with van der Waals surface area (Å²) in [6.45, 7) is 10.4. The first kappa shape index (κ1) is 21.0. The van der Waals surface area contributed by atoms with Crippen LogP contribution in [-0.4, -0.2) is 14.9 Å². The fraction of sp³-hybridized carbons (Fsp3) is 0.588. The second-order valence-corrected chi connectivity index (χ2v) is 4.14. The van der Waals surface area contributed by atoms with Crippen molar-refractivity contribution in [1.82, 2.24) is 9.78 Å². The number of aromatic nitrogens is 2. The summed E-state index contributed by atoms with van der Waals surface area (Å²) in [4.78, 5) is 0. The van der Waals surface area contributed by atoms with Gasteiger partial charge in [0, 0.05) is 12.4 Å². The van der Waals surface area contributed by atoms with Crippen molar-refractivity contribution in [2.45, 2.75) is 61.5 Å². The van der Waals surface area contributed by atoms with E-state index in [1.165, 1.54) is 11.8 Å². The van der Waals surface area contributed by atoms with Gasteiger partial charge in [-0.15, -0.1) is 0 Å². The number of aliphatic hydroxyl groups is 1. The summed E-state index contributed by atoms with van der Waals surface area (Å²) in [6, 6.07) is 5.97. The number of rotatable bonds is 2. The summed E-state index contributed by atoms with van der Waals surface area (Å²) < 4.78 is 1.87. The van der Waals surface area contributed by atoms with Crippen LogP contribution in [0.4, 0.5) is 0 Å². The maximum atomic E-state index is 9.02. The molecule has 0 fully saturated rings. The Morgan fingerprint density at radius 3 is 2.15 bits per heavy atom. The van der Waals surface area contributed by atoms with Crippen LogP contribution in [0.1, 0.15) is 59.7 Å². The number of benzene rings is 1. The van der Waals surface area contributed by atoms with Gasteiger partial charge in [0.1, 0.15) is 0 Å². The third-order valence-electron chi connectivity index (χ3n) is 2.51. The Labute approximate surface area is 124 Å². The lowest BCUT2D eigenvalue weighted by atomic mass is 10.1. The Balaban J connectivity index is 0. The largest absolute Gasteiger partial charge is 0.392 e. The summed E-state index contributed by atoms with van der Waals surface area (Å²) in [5, 5.41) is 14.6. The van der Waals surface area contributed by atoms with E-state index in [1.807, 2.05) is 43.8 Å². The van der Waals surface area contributed by atoms with Crippen molar-refractivity contribution in [1.29, 1.82) is 0 Å². The van der Waals surface area contributed by atoms with E-state index in [9.17, 15) is 0 Å². The van der Waals surface area contributed by atoms with E-state index >= 15 is 0 Å². The zero-order valence-electron chi connectivity index (χ0n) is 13.2. The Hall–Kier alpha value is -1.35. The van der Waals surface area contributed by atoms with Crippen LogP contribution in [0.5, 0.6) is 0 Å². The SMILES string of the molecule is C.CC.CCC.CCc1nn(C)c2cc(CO)ccc12. The summed E-state index contributed by atoms with van der Waals surface area (Å²) in [6.07, 6.45) is 2.19. The lowest BCUT2D eigenvalue weighted by Gasteiger charge is -1.97. The monoisotopic (exact) mass is 280 g/mol. The number of aliphatic hydroxyl groups excluding tert-OH is 1. The van der Waals surface area contributed by atoms with Crippen molar-refractivity contribution >= 4 is 10.9 Å². The number of hydrogen-bond acceptors (Lipinski definition) is 2. The van der Waals surface area contributed by atoms with Crippen molar-refractivity contribution < 1.29 is 5.11 Å². The van der Waals surface area contributed by atoms with Crippen LogP contribution >= 0.6 is 0 Å². The highest BCUT2D eigenvalue weighted by atomic mass is 16.3. The Bertz CT molecular complexity index is 475. The Morgan fingerprint density at radius 2 is 1.70 bits per heavy atom. The molecule has 0 saturated heterocycles. The molecule has 0 spiro atoms. The van der Waals surface area contributed by atoms with Gasteiger partial charge in [0.15, 0.2) is 0 Å². The molecular formula is C17H32N2O. The zero-order valence-corrected chi connectivity index (χ0v) is 13.2. The first-order chi connectivity index (χ1) is 9.17. The van der Waals surface area contributed by atoms with Gasteiger partial charge in [-0.05, 0) is 18.1 Å². The van der Waals surface area contributed by atoms with Gasteiger partial charge in [0.05, 0.1) is 17.8 Å². The Morgan fingerprint density at radius 1 is 1.15 bits per heavy atom. The smallest absolute Gasteiger partial charge is 0.0700 e. The minimum atomic E-state index is 0. The zero-order chi connectivity index (χ0) is 14.8. The van der Waals surface area contributed by atoms with E-state index in [0.29, 0.717) is 0 Å². The highest BCUT2D eigenvalue weighted by Crippen LogP contribution is 2.19. The number of nitrogens with zero attached hydrogens (tertiary/aromatic N) is 2. The van der Waals surface area contributed by atoms with Crippen molar-refractivity contribution in [2.24, 2.45) is 7.05 Å². The van der Waals surface area contributed by atoms with Crippen LogP contribution in [0.25, 0.3) is 10.9 Å². The average molecular weight is 280 g/mol. The van der Waals surface area contributed by atoms with Gasteiger partial charge in [0.25, 0.3) is 0 Å². The second kappa shape index (κ2) is 11.5. The average Bonchev–Trinajstić information content (AvgIpc) is 2.78. The van der Waals surface area contributed by atoms with Crippen molar-refractivity contribution in [2.75, 3.05) is 0 Å². The molecule has 3 heteroatoms. The molecular weight excluding hydrogens is 248 g/mol.